The van der Waals surface area contributed by atoms with E-state index in [1.807, 2.05) is 36.2 Å². The molecule has 0 saturated heterocycles. The molecule has 0 N–H and O–H groups in total. The van der Waals surface area contributed by atoms with E-state index in [0.717, 1.165) is 30.6 Å². The molecule has 1 aliphatic rings. The fraction of sp³-hybridized carbons (Fsp3) is 0.529. The maximum Gasteiger partial charge on any atom is 0.223 e. The second kappa shape index (κ2) is 6.74. The van der Waals surface area contributed by atoms with Gasteiger partial charge in [-0.2, -0.15) is 0 Å². The van der Waals surface area contributed by atoms with Gasteiger partial charge in [-0.15, -0.1) is 0 Å². The molecule has 2 rings (SSSR count). The fourth-order valence-corrected chi connectivity index (χ4v) is 2.85. The number of hydrogen-bond acceptors (Lipinski definition) is 2. The summed E-state index contributed by atoms with van der Waals surface area (Å²) >= 11 is 0. The van der Waals surface area contributed by atoms with E-state index < -0.39 is 0 Å². The third kappa shape index (κ3) is 3.43. The number of rotatable bonds is 5. The molecular formula is C17H24N2O2. The summed E-state index contributed by atoms with van der Waals surface area (Å²) < 4.78 is 0. The zero-order valence-corrected chi connectivity index (χ0v) is 13.1. The van der Waals surface area contributed by atoms with Gasteiger partial charge < -0.3 is 9.80 Å². The van der Waals surface area contributed by atoms with E-state index in [1.54, 1.807) is 11.8 Å². The molecular weight excluding hydrogens is 264 g/mol. The predicted octanol–water partition coefficient (Wildman–Crippen LogP) is 2.79. The lowest BCUT2D eigenvalue weighted by Crippen LogP contribution is -2.31. The van der Waals surface area contributed by atoms with Crippen molar-refractivity contribution in [2.24, 2.45) is 0 Å². The Labute approximate surface area is 126 Å². The highest BCUT2D eigenvalue weighted by molar-refractivity contribution is 5.94. The first-order chi connectivity index (χ1) is 10.0. The monoisotopic (exact) mass is 288 g/mol. The number of anilines is 1. The van der Waals surface area contributed by atoms with Crippen LogP contribution in [0.3, 0.4) is 0 Å². The Kier molecular flexibility index (Phi) is 4.99. The van der Waals surface area contributed by atoms with Gasteiger partial charge in [0.1, 0.15) is 0 Å². The van der Waals surface area contributed by atoms with Gasteiger partial charge in [0, 0.05) is 45.1 Å². The lowest BCUT2D eigenvalue weighted by Gasteiger charge is -2.19. The zero-order chi connectivity index (χ0) is 15.4. The molecule has 1 unspecified atom stereocenters. The van der Waals surface area contributed by atoms with Crippen LogP contribution in [0.2, 0.25) is 0 Å². The van der Waals surface area contributed by atoms with Crippen molar-refractivity contribution in [2.45, 2.75) is 39.0 Å². The minimum absolute atomic E-state index is 0.0386. The van der Waals surface area contributed by atoms with E-state index >= 15 is 0 Å². The van der Waals surface area contributed by atoms with Gasteiger partial charge in [-0.3, -0.25) is 9.59 Å². The number of carbonyl (C=O) groups is 2. The van der Waals surface area contributed by atoms with Crippen LogP contribution in [0.15, 0.2) is 24.3 Å². The SMILES string of the molecule is CCCCN(C)C(=O)CC1CN(C(C)=O)c2ccccc21. The molecule has 0 fully saturated rings. The molecule has 21 heavy (non-hydrogen) atoms. The maximum atomic E-state index is 12.3. The fourth-order valence-electron chi connectivity index (χ4n) is 2.85. The molecule has 1 atom stereocenters. The summed E-state index contributed by atoms with van der Waals surface area (Å²) in [5.41, 5.74) is 2.07. The first-order valence-corrected chi connectivity index (χ1v) is 7.65. The molecule has 0 radical (unpaired) electrons. The van der Waals surface area contributed by atoms with Crippen LogP contribution in [-0.4, -0.2) is 36.9 Å². The van der Waals surface area contributed by atoms with Crippen LogP contribution in [0, 0.1) is 0 Å². The Morgan fingerprint density at radius 1 is 1.33 bits per heavy atom. The highest BCUT2D eigenvalue weighted by Gasteiger charge is 2.32. The van der Waals surface area contributed by atoms with Gasteiger partial charge in [-0.1, -0.05) is 31.5 Å². The zero-order valence-electron chi connectivity index (χ0n) is 13.1. The molecule has 4 heteroatoms. The van der Waals surface area contributed by atoms with Crippen LogP contribution in [0.4, 0.5) is 5.69 Å². The van der Waals surface area contributed by atoms with E-state index in [0.29, 0.717) is 13.0 Å². The summed E-state index contributed by atoms with van der Waals surface area (Å²) in [7, 11) is 1.86. The van der Waals surface area contributed by atoms with Gasteiger partial charge in [-0.25, -0.2) is 0 Å². The van der Waals surface area contributed by atoms with Crippen LogP contribution in [0.1, 0.15) is 44.6 Å². The Bertz CT molecular complexity index is 527. The Morgan fingerprint density at radius 3 is 2.71 bits per heavy atom. The van der Waals surface area contributed by atoms with Gasteiger partial charge in [0.15, 0.2) is 0 Å². The molecule has 1 aliphatic heterocycles. The number of benzene rings is 1. The number of para-hydroxylation sites is 1. The molecule has 1 aromatic rings. The number of carbonyl (C=O) groups excluding carboxylic acids is 2. The molecule has 0 aliphatic carbocycles. The number of nitrogens with zero attached hydrogens (tertiary/aromatic N) is 2. The first kappa shape index (κ1) is 15.5. The maximum absolute atomic E-state index is 12.3. The van der Waals surface area contributed by atoms with Crippen molar-refractivity contribution in [1.29, 1.82) is 0 Å². The minimum atomic E-state index is 0.0386. The van der Waals surface area contributed by atoms with E-state index in [-0.39, 0.29) is 17.7 Å². The Hall–Kier alpha value is -1.84. The Morgan fingerprint density at radius 2 is 2.05 bits per heavy atom. The van der Waals surface area contributed by atoms with Gasteiger partial charge in [0.2, 0.25) is 11.8 Å². The van der Waals surface area contributed by atoms with Gasteiger partial charge in [0.25, 0.3) is 0 Å². The molecule has 0 spiro atoms. The van der Waals surface area contributed by atoms with E-state index in [2.05, 4.69) is 6.92 Å². The van der Waals surface area contributed by atoms with E-state index in [1.165, 1.54) is 0 Å². The topological polar surface area (TPSA) is 40.6 Å². The number of unbranched alkanes of at least 4 members (excludes halogenated alkanes) is 1. The quantitative estimate of drug-likeness (QED) is 0.836. The average Bonchev–Trinajstić information content (AvgIpc) is 2.84. The summed E-state index contributed by atoms with van der Waals surface area (Å²) in [5.74, 6) is 0.312. The van der Waals surface area contributed by atoms with E-state index in [9.17, 15) is 9.59 Å². The third-order valence-electron chi connectivity index (χ3n) is 4.14. The van der Waals surface area contributed by atoms with Crippen LogP contribution in [0.5, 0.6) is 0 Å². The third-order valence-corrected chi connectivity index (χ3v) is 4.14. The number of fused-ring (bicyclic) bond motifs is 1. The number of amides is 2. The van der Waals surface area contributed by atoms with Crippen LogP contribution in [0.25, 0.3) is 0 Å². The highest BCUT2D eigenvalue weighted by atomic mass is 16.2. The molecule has 4 nitrogen and oxygen atoms in total. The van der Waals surface area contributed by atoms with Crippen molar-refractivity contribution in [1.82, 2.24) is 4.90 Å². The molecule has 2 amide bonds. The van der Waals surface area contributed by atoms with Crippen molar-refractivity contribution in [2.75, 3.05) is 25.0 Å². The summed E-state index contributed by atoms with van der Waals surface area (Å²) in [6, 6.07) is 7.90. The van der Waals surface area contributed by atoms with Crippen molar-refractivity contribution in [3.05, 3.63) is 29.8 Å². The normalized spacial score (nSPS) is 16.7. The average molecular weight is 288 g/mol. The second-order valence-electron chi connectivity index (χ2n) is 5.76. The summed E-state index contributed by atoms with van der Waals surface area (Å²) in [6.45, 7) is 5.12. The Balaban J connectivity index is 2.08. The minimum Gasteiger partial charge on any atom is -0.346 e. The summed E-state index contributed by atoms with van der Waals surface area (Å²) in [4.78, 5) is 27.6. The summed E-state index contributed by atoms with van der Waals surface area (Å²) in [5, 5.41) is 0. The molecule has 1 heterocycles. The molecule has 0 bridgehead atoms. The van der Waals surface area contributed by atoms with Crippen molar-refractivity contribution >= 4 is 17.5 Å². The molecule has 0 aromatic heterocycles. The number of hydrogen-bond donors (Lipinski definition) is 0. The van der Waals surface area contributed by atoms with Crippen LogP contribution < -0.4 is 4.90 Å². The smallest absolute Gasteiger partial charge is 0.223 e. The van der Waals surface area contributed by atoms with Gasteiger partial charge >= 0.3 is 0 Å². The van der Waals surface area contributed by atoms with Crippen LogP contribution in [-0.2, 0) is 9.59 Å². The molecule has 0 saturated carbocycles. The van der Waals surface area contributed by atoms with Crippen LogP contribution >= 0.6 is 0 Å². The van der Waals surface area contributed by atoms with Crippen molar-refractivity contribution in [3.63, 3.8) is 0 Å². The lowest BCUT2D eigenvalue weighted by atomic mass is 9.97. The highest BCUT2D eigenvalue weighted by Crippen LogP contribution is 2.38. The second-order valence-corrected chi connectivity index (χ2v) is 5.76. The summed E-state index contributed by atoms with van der Waals surface area (Å²) in [6.07, 6.45) is 2.59. The first-order valence-electron chi connectivity index (χ1n) is 7.65. The van der Waals surface area contributed by atoms with Gasteiger partial charge in [-0.05, 0) is 18.1 Å². The van der Waals surface area contributed by atoms with Gasteiger partial charge in [0.05, 0.1) is 0 Å². The van der Waals surface area contributed by atoms with Crippen molar-refractivity contribution in [3.8, 4) is 0 Å². The molecule has 1 aromatic carbocycles. The predicted molar refractivity (Wildman–Crippen MR) is 84.4 cm³/mol. The molecule has 114 valence electrons. The standard InChI is InChI=1S/C17H24N2O2/c1-4-5-10-18(3)17(21)11-14-12-19(13(2)20)16-9-7-6-8-15(14)16/h6-9,14H,4-5,10-12H2,1-3H3. The van der Waals surface area contributed by atoms with E-state index in [4.69, 9.17) is 0 Å². The lowest BCUT2D eigenvalue weighted by molar-refractivity contribution is -0.130. The largest absolute Gasteiger partial charge is 0.346 e. The van der Waals surface area contributed by atoms with Crippen molar-refractivity contribution < 1.29 is 9.59 Å².